The van der Waals surface area contributed by atoms with Crippen molar-refractivity contribution in [1.82, 2.24) is 5.32 Å². The Morgan fingerprint density at radius 2 is 2.12 bits per heavy atom. The average molecular weight is 236 g/mol. The van der Waals surface area contributed by atoms with E-state index in [4.69, 9.17) is 5.73 Å². The monoisotopic (exact) mass is 236 g/mol. The average Bonchev–Trinajstić information content (AvgIpc) is 2.38. The predicted octanol–water partition coefficient (Wildman–Crippen LogP) is 1.06. The molecule has 0 saturated heterocycles. The van der Waals surface area contributed by atoms with Crippen LogP contribution in [-0.2, 0) is 16.1 Å². The fourth-order valence-electron chi connectivity index (χ4n) is 1.54. The summed E-state index contributed by atoms with van der Waals surface area (Å²) in [4.78, 5) is 11.0. The molecule has 94 valence electrons. The summed E-state index contributed by atoms with van der Waals surface area (Å²) in [5.74, 6) is -0.340. The lowest BCUT2D eigenvalue weighted by Crippen LogP contribution is -2.32. The fourth-order valence-corrected chi connectivity index (χ4v) is 1.54. The van der Waals surface area contributed by atoms with Gasteiger partial charge >= 0.3 is 5.97 Å². The highest BCUT2D eigenvalue weighted by Crippen LogP contribution is 1.99. The van der Waals surface area contributed by atoms with E-state index in [-0.39, 0.29) is 5.97 Å². The first-order chi connectivity index (χ1) is 8.24. The lowest BCUT2D eigenvalue weighted by atomic mass is 10.1. The number of carbonyl (C=O) groups excluding carboxylic acids is 1. The Labute approximate surface area is 102 Å². The summed E-state index contributed by atoms with van der Waals surface area (Å²) in [5.41, 5.74) is 6.87. The molecule has 1 aromatic carbocycles. The number of benzene rings is 1. The van der Waals surface area contributed by atoms with Crippen LogP contribution in [0.4, 0.5) is 0 Å². The molecule has 0 bridgehead atoms. The van der Waals surface area contributed by atoms with Gasteiger partial charge in [0.25, 0.3) is 0 Å². The van der Waals surface area contributed by atoms with Gasteiger partial charge in [0.2, 0.25) is 0 Å². The van der Waals surface area contributed by atoms with Gasteiger partial charge in [-0.15, -0.1) is 0 Å². The van der Waals surface area contributed by atoms with Gasteiger partial charge < -0.3 is 15.8 Å². The summed E-state index contributed by atoms with van der Waals surface area (Å²) >= 11 is 0. The van der Waals surface area contributed by atoms with Gasteiger partial charge in [-0.1, -0.05) is 30.3 Å². The van der Waals surface area contributed by atoms with Crippen LogP contribution >= 0.6 is 0 Å². The Hall–Kier alpha value is -1.39. The first kappa shape index (κ1) is 13.7. The van der Waals surface area contributed by atoms with Crippen LogP contribution in [0.5, 0.6) is 0 Å². The molecule has 3 N–H and O–H groups in total. The molecule has 0 aromatic heterocycles. The number of hydrogen-bond acceptors (Lipinski definition) is 4. The molecule has 1 rings (SSSR count). The highest BCUT2D eigenvalue weighted by Gasteiger charge is 2.12. The van der Waals surface area contributed by atoms with Gasteiger partial charge in [0.1, 0.15) is 6.04 Å². The minimum Gasteiger partial charge on any atom is -0.468 e. The molecule has 0 amide bonds. The van der Waals surface area contributed by atoms with Crippen LogP contribution in [0.25, 0.3) is 0 Å². The van der Waals surface area contributed by atoms with E-state index >= 15 is 0 Å². The lowest BCUT2D eigenvalue weighted by Gasteiger charge is -2.09. The molecule has 0 aliphatic carbocycles. The topological polar surface area (TPSA) is 64.3 Å². The smallest absolute Gasteiger partial charge is 0.322 e. The third-order valence-electron chi connectivity index (χ3n) is 2.54. The highest BCUT2D eigenvalue weighted by atomic mass is 16.5. The van der Waals surface area contributed by atoms with Crippen LogP contribution in [0.2, 0.25) is 0 Å². The second-order valence-corrected chi connectivity index (χ2v) is 3.93. The summed E-state index contributed by atoms with van der Waals surface area (Å²) < 4.78 is 4.55. The third kappa shape index (κ3) is 5.47. The molecule has 4 heteroatoms. The van der Waals surface area contributed by atoms with Crippen LogP contribution < -0.4 is 11.1 Å². The van der Waals surface area contributed by atoms with Crippen molar-refractivity contribution < 1.29 is 9.53 Å². The molecule has 0 fully saturated rings. The molecular formula is C13H20N2O2. The minimum absolute atomic E-state index is 0.340. The first-order valence-electron chi connectivity index (χ1n) is 5.82. The van der Waals surface area contributed by atoms with Crippen molar-refractivity contribution in [1.29, 1.82) is 0 Å². The molecule has 1 aromatic rings. The number of nitrogens with one attached hydrogen (secondary N) is 1. The van der Waals surface area contributed by atoms with Gasteiger partial charge in [-0.2, -0.15) is 0 Å². The van der Waals surface area contributed by atoms with E-state index in [1.54, 1.807) is 0 Å². The van der Waals surface area contributed by atoms with Crippen molar-refractivity contribution in [3.63, 3.8) is 0 Å². The van der Waals surface area contributed by atoms with Crippen molar-refractivity contribution in [2.24, 2.45) is 5.73 Å². The number of esters is 1. The molecule has 0 radical (unpaired) electrons. The zero-order valence-corrected chi connectivity index (χ0v) is 10.2. The summed E-state index contributed by atoms with van der Waals surface area (Å²) in [6.45, 7) is 1.69. The summed E-state index contributed by atoms with van der Waals surface area (Å²) in [6, 6.07) is 9.69. The fraction of sp³-hybridized carbons (Fsp3) is 0.462. The third-order valence-corrected chi connectivity index (χ3v) is 2.54. The van der Waals surface area contributed by atoms with Crippen molar-refractivity contribution in [3.8, 4) is 0 Å². The van der Waals surface area contributed by atoms with Crippen LogP contribution in [0.1, 0.15) is 18.4 Å². The van der Waals surface area contributed by atoms with Gasteiger partial charge in [-0.3, -0.25) is 4.79 Å². The molecule has 17 heavy (non-hydrogen) atoms. The number of nitrogens with two attached hydrogens (primary N) is 1. The number of ether oxygens (including phenoxy) is 1. The maximum absolute atomic E-state index is 11.0. The van der Waals surface area contributed by atoms with Gasteiger partial charge in [0.15, 0.2) is 0 Å². The van der Waals surface area contributed by atoms with E-state index in [0.717, 1.165) is 19.5 Å². The zero-order valence-electron chi connectivity index (χ0n) is 10.2. The van der Waals surface area contributed by atoms with E-state index in [9.17, 15) is 4.79 Å². The molecule has 0 heterocycles. The summed E-state index contributed by atoms with van der Waals surface area (Å²) in [6.07, 6.45) is 1.51. The number of hydrogen-bond donors (Lipinski definition) is 2. The standard InChI is InChI=1S/C13H20N2O2/c1-17-13(16)12(14)8-5-9-15-10-11-6-3-2-4-7-11/h2-4,6-7,12,15H,5,8-10,14H2,1H3/t12-/m0/s1. The second kappa shape index (κ2) is 7.81. The normalized spacial score (nSPS) is 12.1. The van der Waals surface area contributed by atoms with Crippen molar-refractivity contribution in [3.05, 3.63) is 35.9 Å². The summed E-state index contributed by atoms with van der Waals surface area (Å²) in [5, 5.41) is 3.31. The van der Waals surface area contributed by atoms with Crippen LogP contribution in [0, 0.1) is 0 Å². The first-order valence-corrected chi connectivity index (χ1v) is 5.82. The SMILES string of the molecule is COC(=O)[C@@H](N)CCCNCc1ccccc1. The largest absolute Gasteiger partial charge is 0.468 e. The van der Waals surface area contributed by atoms with E-state index in [2.05, 4.69) is 22.2 Å². The van der Waals surface area contributed by atoms with Gasteiger partial charge in [-0.05, 0) is 24.9 Å². The quantitative estimate of drug-likeness (QED) is 0.549. The maximum atomic E-state index is 11.0. The van der Waals surface area contributed by atoms with Crippen molar-refractivity contribution in [2.75, 3.05) is 13.7 Å². The summed E-state index contributed by atoms with van der Waals surface area (Å²) in [7, 11) is 1.36. The van der Waals surface area contributed by atoms with Crippen molar-refractivity contribution in [2.45, 2.75) is 25.4 Å². The van der Waals surface area contributed by atoms with E-state index < -0.39 is 6.04 Å². The van der Waals surface area contributed by atoms with Crippen LogP contribution in [-0.4, -0.2) is 25.7 Å². The molecular weight excluding hydrogens is 216 g/mol. The molecule has 0 aliphatic heterocycles. The van der Waals surface area contributed by atoms with Crippen molar-refractivity contribution >= 4 is 5.97 Å². The van der Waals surface area contributed by atoms with Gasteiger partial charge in [0.05, 0.1) is 7.11 Å². The Morgan fingerprint density at radius 3 is 2.76 bits per heavy atom. The number of carbonyl (C=O) groups is 1. The Balaban J connectivity index is 2.07. The van der Waals surface area contributed by atoms with Gasteiger partial charge in [0, 0.05) is 6.54 Å². The van der Waals surface area contributed by atoms with E-state index in [1.165, 1.54) is 12.7 Å². The molecule has 0 spiro atoms. The van der Waals surface area contributed by atoms with Crippen LogP contribution in [0.3, 0.4) is 0 Å². The Morgan fingerprint density at radius 1 is 1.41 bits per heavy atom. The highest BCUT2D eigenvalue weighted by molar-refractivity contribution is 5.75. The minimum atomic E-state index is -0.501. The number of methoxy groups -OCH3 is 1. The van der Waals surface area contributed by atoms with Crippen LogP contribution in [0.15, 0.2) is 30.3 Å². The Kier molecular flexibility index (Phi) is 6.29. The molecule has 1 atom stereocenters. The second-order valence-electron chi connectivity index (χ2n) is 3.93. The van der Waals surface area contributed by atoms with Gasteiger partial charge in [-0.25, -0.2) is 0 Å². The molecule has 0 unspecified atom stereocenters. The molecule has 0 saturated carbocycles. The zero-order chi connectivity index (χ0) is 12.5. The van der Waals surface area contributed by atoms with E-state index in [1.807, 2.05) is 18.2 Å². The van der Waals surface area contributed by atoms with E-state index in [0.29, 0.717) is 6.42 Å². The lowest BCUT2D eigenvalue weighted by molar-refractivity contribution is -0.142. The maximum Gasteiger partial charge on any atom is 0.322 e. The predicted molar refractivity (Wildman–Crippen MR) is 67.4 cm³/mol. The molecule has 0 aliphatic rings. The Bertz CT molecular complexity index is 327. The molecule has 4 nitrogen and oxygen atoms in total. The number of rotatable bonds is 7.